The van der Waals surface area contributed by atoms with E-state index in [-0.39, 0.29) is 11.9 Å². The summed E-state index contributed by atoms with van der Waals surface area (Å²) in [5, 5.41) is 0. The number of aromatic nitrogens is 2. The van der Waals surface area contributed by atoms with Crippen molar-refractivity contribution in [1.29, 1.82) is 0 Å². The average Bonchev–Trinajstić information content (AvgIpc) is 3.13. The molecule has 0 amide bonds. The number of nitrogens with zero attached hydrogens (tertiary/aromatic N) is 2. The molecule has 0 saturated carbocycles. The van der Waals surface area contributed by atoms with Gasteiger partial charge in [0.15, 0.2) is 0 Å². The van der Waals surface area contributed by atoms with E-state index in [9.17, 15) is 8.42 Å². The fourth-order valence-electron chi connectivity index (χ4n) is 3.07. The third-order valence-corrected chi connectivity index (χ3v) is 5.76. The van der Waals surface area contributed by atoms with Crippen LogP contribution in [0.5, 0.6) is 0 Å². The molecule has 3 heterocycles. The van der Waals surface area contributed by atoms with E-state index >= 15 is 0 Å². The highest BCUT2D eigenvalue weighted by atomic mass is 32.2. The van der Waals surface area contributed by atoms with E-state index in [1.54, 1.807) is 0 Å². The molecule has 0 radical (unpaired) electrons. The van der Waals surface area contributed by atoms with Crippen LogP contribution in [0.1, 0.15) is 31.5 Å². The van der Waals surface area contributed by atoms with Gasteiger partial charge in [-0.2, -0.15) is 0 Å². The van der Waals surface area contributed by atoms with E-state index in [0.29, 0.717) is 18.9 Å². The number of fused-ring (bicyclic) bond motifs is 1. The van der Waals surface area contributed by atoms with E-state index in [1.165, 1.54) is 0 Å². The van der Waals surface area contributed by atoms with E-state index < -0.39 is 10.0 Å². The third kappa shape index (κ3) is 4.05. The van der Waals surface area contributed by atoms with Crippen molar-refractivity contribution in [2.75, 3.05) is 18.9 Å². The second-order valence-electron chi connectivity index (χ2n) is 5.99. The van der Waals surface area contributed by atoms with Gasteiger partial charge in [0.25, 0.3) is 0 Å². The number of ether oxygens (including phenoxy) is 1. The normalized spacial score (nSPS) is 25.9. The number of imidazole rings is 1. The standard InChI is InChI=1S/C14H23N3O3S/c18-21(19,9-4-13-2-1-8-20-13)16-11-12-3-6-17-7-5-15-14(17)10-12/h5,7,12-13,16H,1-4,6,8-11H2/t12-,13-/m0/s1. The van der Waals surface area contributed by atoms with Crippen LogP contribution in [-0.2, 0) is 27.7 Å². The zero-order chi connectivity index (χ0) is 14.7. The van der Waals surface area contributed by atoms with Crippen LogP contribution >= 0.6 is 0 Å². The van der Waals surface area contributed by atoms with E-state index in [1.807, 2.05) is 12.4 Å². The first kappa shape index (κ1) is 15.0. The number of rotatable bonds is 6. The van der Waals surface area contributed by atoms with Gasteiger partial charge in [-0.15, -0.1) is 0 Å². The van der Waals surface area contributed by atoms with Crippen molar-refractivity contribution >= 4 is 10.0 Å². The monoisotopic (exact) mass is 313 g/mol. The van der Waals surface area contributed by atoms with Gasteiger partial charge in [0.05, 0.1) is 11.9 Å². The Balaban J connectivity index is 1.43. The Kier molecular flexibility index (Phi) is 4.61. The Morgan fingerprint density at radius 3 is 3.14 bits per heavy atom. The molecule has 2 aliphatic rings. The smallest absolute Gasteiger partial charge is 0.211 e. The first-order valence-corrected chi connectivity index (χ1v) is 9.36. The summed E-state index contributed by atoms with van der Waals surface area (Å²) in [7, 11) is -3.19. The van der Waals surface area contributed by atoms with Crippen LogP contribution in [0.15, 0.2) is 12.4 Å². The van der Waals surface area contributed by atoms with Gasteiger partial charge in [-0.1, -0.05) is 0 Å². The molecule has 0 aromatic carbocycles. The minimum atomic E-state index is -3.19. The molecular weight excluding hydrogens is 290 g/mol. The summed E-state index contributed by atoms with van der Waals surface area (Å²) in [5.74, 6) is 1.57. The van der Waals surface area contributed by atoms with E-state index in [4.69, 9.17) is 4.74 Å². The van der Waals surface area contributed by atoms with E-state index in [0.717, 1.165) is 44.7 Å². The highest BCUT2D eigenvalue weighted by Gasteiger charge is 2.23. The van der Waals surface area contributed by atoms with Crippen molar-refractivity contribution in [3.8, 4) is 0 Å². The molecule has 6 nitrogen and oxygen atoms in total. The van der Waals surface area contributed by atoms with Gasteiger partial charge in [-0.25, -0.2) is 18.1 Å². The van der Waals surface area contributed by atoms with Crippen LogP contribution in [-0.4, -0.2) is 43.0 Å². The van der Waals surface area contributed by atoms with Gasteiger partial charge in [0, 0.05) is 38.5 Å². The van der Waals surface area contributed by atoms with Crippen LogP contribution in [0.2, 0.25) is 0 Å². The third-order valence-electron chi connectivity index (χ3n) is 4.38. The molecule has 118 valence electrons. The summed E-state index contributed by atoms with van der Waals surface area (Å²) in [5.41, 5.74) is 0. The molecule has 2 atom stereocenters. The predicted octanol–water partition coefficient (Wildman–Crippen LogP) is 0.934. The summed E-state index contributed by atoms with van der Waals surface area (Å²) >= 11 is 0. The first-order valence-electron chi connectivity index (χ1n) is 7.71. The Hall–Kier alpha value is -0.920. The maximum absolute atomic E-state index is 12.0. The molecule has 2 aliphatic heterocycles. The highest BCUT2D eigenvalue weighted by Crippen LogP contribution is 2.19. The fraction of sp³-hybridized carbons (Fsp3) is 0.786. The zero-order valence-corrected chi connectivity index (χ0v) is 13.0. The Labute approximate surface area is 125 Å². The summed E-state index contributed by atoms with van der Waals surface area (Å²) < 4.78 is 34.4. The SMILES string of the molecule is O=S(=O)(CC[C@@H]1CCCO1)NC[C@H]1CCn2ccnc2C1. The largest absolute Gasteiger partial charge is 0.378 e. The number of hydrogen-bond donors (Lipinski definition) is 1. The van der Waals surface area contributed by atoms with Gasteiger partial charge < -0.3 is 9.30 Å². The summed E-state index contributed by atoms with van der Waals surface area (Å²) in [6, 6.07) is 0. The van der Waals surface area contributed by atoms with Gasteiger partial charge in [-0.3, -0.25) is 0 Å². The minimum Gasteiger partial charge on any atom is -0.378 e. The highest BCUT2D eigenvalue weighted by molar-refractivity contribution is 7.89. The van der Waals surface area contributed by atoms with Crippen molar-refractivity contribution < 1.29 is 13.2 Å². The molecule has 0 unspecified atom stereocenters. The van der Waals surface area contributed by atoms with Crippen molar-refractivity contribution in [3.05, 3.63) is 18.2 Å². The van der Waals surface area contributed by atoms with Crippen LogP contribution < -0.4 is 4.72 Å². The minimum absolute atomic E-state index is 0.128. The number of aryl methyl sites for hydroxylation is 1. The molecule has 1 saturated heterocycles. The lowest BCUT2D eigenvalue weighted by Gasteiger charge is -2.23. The lowest BCUT2D eigenvalue weighted by molar-refractivity contribution is 0.109. The Morgan fingerprint density at radius 1 is 1.43 bits per heavy atom. The first-order chi connectivity index (χ1) is 10.1. The molecule has 3 rings (SSSR count). The van der Waals surface area contributed by atoms with Crippen molar-refractivity contribution in [2.45, 2.75) is 44.8 Å². The number of nitrogens with one attached hydrogen (secondary N) is 1. The number of hydrogen-bond acceptors (Lipinski definition) is 4. The van der Waals surface area contributed by atoms with Crippen molar-refractivity contribution in [3.63, 3.8) is 0 Å². The molecule has 7 heteroatoms. The van der Waals surface area contributed by atoms with Gasteiger partial charge in [0.2, 0.25) is 10.0 Å². The van der Waals surface area contributed by atoms with E-state index in [2.05, 4.69) is 14.3 Å². The number of sulfonamides is 1. The van der Waals surface area contributed by atoms with Gasteiger partial charge in [0.1, 0.15) is 5.82 Å². The molecule has 21 heavy (non-hydrogen) atoms. The second-order valence-corrected chi connectivity index (χ2v) is 7.91. The predicted molar refractivity (Wildman–Crippen MR) is 79.4 cm³/mol. The van der Waals surface area contributed by atoms with Crippen LogP contribution in [0.25, 0.3) is 0 Å². The Morgan fingerprint density at radius 2 is 2.33 bits per heavy atom. The topological polar surface area (TPSA) is 73.2 Å². The van der Waals surface area contributed by atoms with Gasteiger partial charge >= 0.3 is 0 Å². The average molecular weight is 313 g/mol. The summed E-state index contributed by atoms with van der Waals surface area (Å²) in [6.45, 7) is 2.21. The molecule has 1 N–H and O–H groups in total. The molecule has 1 fully saturated rings. The fourth-order valence-corrected chi connectivity index (χ4v) is 4.27. The molecule has 0 spiro atoms. The lowest BCUT2D eigenvalue weighted by Crippen LogP contribution is -2.35. The van der Waals surface area contributed by atoms with Crippen LogP contribution in [0.4, 0.5) is 0 Å². The molecule has 0 aliphatic carbocycles. The maximum atomic E-state index is 12.0. The van der Waals surface area contributed by atoms with Crippen molar-refractivity contribution in [1.82, 2.24) is 14.3 Å². The molecule has 0 bridgehead atoms. The second kappa shape index (κ2) is 6.46. The maximum Gasteiger partial charge on any atom is 0.211 e. The molecular formula is C14H23N3O3S. The lowest BCUT2D eigenvalue weighted by atomic mass is 9.98. The Bertz CT molecular complexity index is 564. The summed E-state index contributed by atoms with van der Waals surface area (Å²) in [4.78, 5) is 4.31. The molecule has 1 aromatic rings. The van der Waals surface area contributed by atoms with Crippen LogP contribution in [0, 0.1) is 5.92 Å². The molecule has 1 aromatic heterocycles. The quantitative estimate of drug-likeness (QED) is 0.848. The zero-order valence-electron chi connectivity index (χ0n) is 12.2. The summed E-state index contributed by atoms with van der Waals surface area (Å²) in [6.07, 6.45) is 8.40. The van der Waals surface area contributed by atoms with Crippen LogP contribution in [0.3, 0.4) is 0 Å². The van der Waals surface area contributed by atoms with Gasteiger partial charge in [-0.05, 0) is 31.6 Å². The van der Waals surface area contributed by atoms with Crippen molar-refractivity contribution in [2.24, 2.45) is 5.92 Å².